The van der Waals surface area contributed by atoms with Crippen LogP contribution in [0.3, 0.4) is 0 Å². The highest BCUT2D eigenvalue weighted by atomic mass is 35.5. The summed E-state index contributed by atoms with van der Waals surface area (Å²) in [4.78, 5) is 36.5. The van der Waals surface area contributed by atoms with Gasteiger partial charge in [0, 0.05) is 31.9 Å². The van der Waals surface area contributed by atoms with Crippen LogP contribution in [0.1, 0.15) is 0 Å². The topological polar surface area (TPSA) is 110 Å². The number of carbonyl (C=O) groups excluding carboxylic acids is 1. The molecule has 2 aromatic carbocycles. The predicted octanol–water partition coefficient (Wildman–Crippen LogP) is 1.15. The molecule has 1 aromatic heterocycles. The zero-order valence-electron chi connectivity index (χ0n) is 16.4. The van der Waals surface area contributed by atoms with Crippen molar-refractivity contribution in [2.24, 2.45) is 14.1 Å². The molecule has 158 valence electrons. The number of fused-ring (bicyclic) bond motifs is 1. The van der Waals surface area contributed by atoms with Gasteiger partial charge in [0.2, 0.25) is 15.9 Å². The van der Waals surface area contributed by atoms with Crippen LogP contribution < -0.4 is 16.6 Å². The number of anilines is 1. The van der Waals surface area contributed by atoms with Crippen molar-refractivity contribution in [3.05, 3.63) is 68.3 Å². The molecule has 0 unspecified atom stereocenters. The zero-order chi connectivity index (χ0) is 22.2. The van der Waals surface area contributed by atoms with Gasteiger partial charge in [0.1, 0.15) is 0 Å². The molecule has 0 spiro atoms. The second kappa shape index (κ2) is 8.05. The van der Waals surface area contributed by atoms with Gasteiger partial charge in [0.25, 0.3) is 5.56 Å². The summed E-state index contributed by atoms with van der Waals surface area (Å²) in [5.41, 5.74) is -0.331. The van der Waals surface area contributed by atoms with E-state index in [-0.39, 0.29) is 10.3 Å². The van der Waals surface area contributed by atoms with Gasteiger partial charge < -0.3 is 5.32 Å². The Hall–Kier alpha value is -2.95. The molecule has 0 aliphatic rings. The summed E-state index contributed by atoms with van der Waals surface area (Å²) in [6, 6.07) is 10.3. The summed E-state index contributed by atoms with van der Waals surface area (Å²) in [5, 5.41) is 3.18. The van der Waals surface area contributed by atoms with Crippen LogP contribution in [0.5, 0.6) is 0 Å². The first-order valence-electron chi connectivity index (χ1n) is 8.74. The largest absolute Gasteiger partial charge is 0.330 e. The number of likely N-dealkylation sites (N-methyl/N-ethyl adjacent to an activating group) is 1. The Morgan fingerprint density at radius 2 is 1.70 bits per heavy atom. The van der Waals surface area contributed by atoms with Gasteiger partial charge >= 0.3 is 5.69 Å². The number of nitrogens with zero attached hydrogens (tertiary/aromatic N) is 3. The molecule has 1 amide bonds. The molecule has 1 heterocycles. The SMILES string of the molecule is CN(CC(=O)Nc1ccc(Cl)cc1)S(=O)(=O)c1ccc2c(c1)c(=O)n(C)c(=O)n2C. The Kier molecular flexibility index (Phi) is 5.84. The summed E-state index contributed by atoms with van der Waals surface area (Å²) >= 11 is 5.80. The summed E-state index contributed by atoms with van der Waals surface area (Å²) in [6.45, 7) is -0.436. The predicted molar refractivity (Wildman–Crippen MR) is 114 cm³/mol. The highest BCUT2D eigenvalue weighted by Crippen LogP contribution is 2.19. The van der Waals surface area contributed by atoms with E-state index in [0.29, 0.717) is 16.2 Å². The molecule has 1 N–H and O–H groups in total. The van der Waals surface area contributed by atoms with Crippen molar-refractivity contribution in [2.75, 3.05) is 18.9 Å². The van der Waals surface area contributed by atoms with Gasteiger partial charge in [-0.25, -0.2) is 13.2 Å². The van der Waals surface area contributed by atoms with Crippen molar-refractivity contribution in [3.8, 4) is 0 Å². The molecule has 3 aromatic rings. The van der Waals surface area contributed by atoms with Crippen LogP contribution in [0.15, 0.2) is 56.9 Å². The molecule has 0 aliphatic heterocycles. The van der Waals surface area contributed by atoms with E-state index in [1.54, 1.807) is 24.3 Å². The Bertz CT molecular complexity index is 1360. The second-order valence-corrected chi connectivity index (χ2v) is 9.18. The molecule has 0 aliphatic carbocycles. The Morgan fingerprint density at radius 1 is 1.07 bits per heavy atom. The lowest BCUT2D eigenvalue weighted by Crippen LogP contribution is -2.37. The van der Waals surface area contributed by atoms with Crippen LogP contribution in [0, 0.1) is 0 Å². The molecule has 0 saturated heterocycles. The van der Waals surface area contributed by atoms with E-state index < -0.39 is 33.7 Å². The maximum atomic E-state index is 12.9. The number of sulfonamides is 1. The zero-order valence-corrected chi connectivity index (χ0v) is 18.0. The fourth-order valence-corrected chi connectivity index (χ4v) is 4.22. The van der Waals surface area contributed by atoms with Gasteiger partial charge in [-0.1, -0.05) is 11.6 Å². The van der Waals surface area contributed by atoms with E-state index in [9.17, 15) is 22.8 Å². The van der Waals surface area contributed by atoms with Crippen LogP contribution in [-0.2, 0) is 28.9 Å². The fraction of sp³-hybridized carbons (Fsp3) is 0.211. The number of halogens is 1. The lowest BCUT2D eigenvalue weighted by Gasteiger charge is -2.17. The number of nitrogens with one attached hydrogen (secondary N) is 1. The first-order valence-corrected chi connectivity index (χ1v) is 10.6. The van der Waals surface area contributed by atoms with Crippen molar-refractivity contribution >= 4 is 44.1 Å². The standard InChI is InChI=1S/C19H19ClN4O5S/c1-22(11-17(25)21-13-6-4-12(20)5-7-13)30(28,29)14-8-9-16-15(10-14)18(26)24(3)19(27)23(16)2/h4-10H,11H2,1-3H3,(H,21,25). The van der Waals surface area contributed by atoms with Crippen molar-refractivity contribution in [1.82, 2.24) is 13.4 Å². The lowest BCUT2D eigenvalue weighted by atomic mass is 10.2. The number of benzene rings is 2. The van der Waals surface area contributed by atoms with Crippen LogP contribution in [0.25, 0.3) is 10.9 Å². The Labute approximate surface area is 177 Å². The maximum absolute atomic E-state index is 12.9. The van der Waals surface area contributed by atoms with Crippen molar-refractivity contribution in [1.29, 1.82) is 0 Å². The number of hydrogen-bond acceptors (Lipinski definition) is 5. The van der Waals surface area contributed by atoms with Gasteiger partial charge in [-0.2, -0.15) is 4.31 Å². The van der Waals surface area contributed by atoms with Gasteiger partial charge in [0.15, 0.2) is 0 Å². The minimum Gasteiger partial charge on any atom is -0.325 e. The summed E-state index contributed by atoms with van der Waals surface area (Å²) in [6.07, 6.45) is 0. The molecule has 11 heteroatoms. The Morgan fingerprint density at radius 3 is 2.33 bits per heavy atom. The van der Waals surface area contributed by atoms with Crippen molar-refractivity contribution < 1.29 is 13.2 Å². The van der Waals surface area contributed by atoms with E-state index in [1.807, 2.05) is 0 Å². The average molecular weight is 451 g/mol. The third-order valence-corrected chi connectivity index (χ3v) is 6.69. The average Bonchev–Trinajstić information content (AvgIpc) is 2.71. The van der Waals surface area contributed by atoms with E-state index in [1.165, 1.54) is 43.9 Å². The second-order valence-electron chi connectivity index (χ2n) is 6.70. The molecule has 0 atom stereocenters. The highest BCUT2D eigenvalue weighted by Gasteiger charge is 2.24. The molecule has 0 fully saturated rings. The van der Waals surface area contributed by atoms with Gasteiger partial charge in [-0.05, 0) is 42.5 Å². The first kappa shape index (κ1) is 21.8. The normalized spacial score (nSPS) is 11.8. The minimum absolute atomic E-state index is 0.0830. The van der Waals surface area contributed by atoms with E-state index in [0.717, 1.165) is 8.87 Å². The third-order valence-electron chi connectivity index (χ3n) is 4.64. The summed E-state index contributed by atoms with van der Waals surface area (Å²) in [7, 11) is 0.0120. The molecular formula is C19H19ClN4O5S. The van der Waals surface area contributed by atoms with Crippen molar-refractivity contribution in [2.45, 2.75) is 4.90 Å². The molecule has 0 saturated carbocycles. The molecule has 3 rings (SSSR count). The van der Waals surface area contributed by atoms with E-state index in [2.05, 4.69) is 5.32 Å². The third kappa shape index (κ3) is 4.02. The van der Waals surface area contributed by atoms with E-state index >= 15 is 0 Å². The molecule has 30 heavy (non-hydrogen) atoms. The number of hydrogen-bond donors (Lipinski definition) is 1. The van der Waals surface area contributed by atoms with E-state index in [4.69, 9.17) is 11.6 Å². The lowest BCUT2D eigenvalue weighted by molar-refractivity contribution is -0.116. The van der Waals surface area contributed by atoms with Gasteiger partial charge in [0.05, 0.1) is 22.3 Å². The molecule has 0 bridgehead atoms. The van der Waals surface area contributed by atoms with Gasteiger partial charge in [-0.15, -0.1) is 0 Å². The molecular weight excluding hydrogens is 432 g/mol. The molecule has 9 nitrogen and oxygen atoms in total. The monoisotopic (exact) mass is 450 g/mol. The highest BCUT2D eigenvalue weighted by molar-refractivity contribution is 7.89. The van der Waals surface area contributed by atoms with Crippen LogP contribution in [0.4, 0.5) is 5.69 Å². The van der Waals surface area contributed by atoms with Crippen LogP contribution in [-0.4, -0.2) is 41.4 Å². The molecule has 0 radical (unpaired) electrons. The number of aryl methyl sites for hydroxylation is 1. The van der Waals surface area contributed by atoms with Gasteiger partial charge in [-0.3, -0.25) is 18.7 Å². The Balaban J connectivity index is 1.89. The first-order chi connectivity index (χ1) is 14.0. The maximum Gasteiger partial charge on any atom is 0.330 e. The van der Waals surface area contributed by atoms with Crippen LogP contribution >= 0.6 is 11.6 Å². The fourth-order valence-electron chi connectivity index (χ4n) is 2.94. The number of amides is 1. The number of aromatic nitrogens is 2. The van der Waals surface area contributed by atoms with Crippen LogP contribution in [0.2, 0.25) is 5.02 Å². The quantitative estimate of drug-likeness (QED) is 0.627. The number of rotatable bonds is 5. The minimum atomic E-state index is -4.06. The summed E-state index contributed by atoms with van der Waals surface area (Å²) < 4.78 is 28.9. The van der Waals surface area contributed by atoms with Crippen molar-refractivity contribution in [3.63, 3.8) is 0 Å². The number of carbonyl (C=O) groups is 1. The summed E-state index contributed by atoms with van der Waals surface area (Å²) in [5.74, 6) is -0.539. The smallest absolute Gasteiger partial charge is 0.325 e.